The van der Waals surface area contributed by atoms with Crippen molar-refractivity contribution >= 4 is 23.9 Å². The maximum atomic E-state index is 12.0. The van der Waals surface area contributed by atoms with Gasteiger partial charge in [0, 0.05) is 39.3 Å². The van der Waals surface area contributed by atoms with Gasteiger partial charge >= 0.3 is 5.97 Å². The summed E-state index contributed by atoms with van der Waals surface area (Å²) < 4.78 is 0. The third-order valence-electron chi connectivity index (χ3n) is 2.72. The summed E-state index contributed by atoms with van der Waals surface area (Å²) in [6.07, 6.45) is 4.02. The number of hydrogen-bond acceptors (Lipinski definition) is 4. The van der Waals surface area contributed by atoms with Crippen LogP contribution in [0.25, 0.3) is 6.08 Å². The fraction of sp³-hybridized carbons (Fsp3) is 0.286. The van der Waals surface area contributed by atoms with Gasteiger partial charge < -0.3 is 15.3 Å². The van der Waals surface area contributed by atoms with Crippen molar-refractivity contribution < 1.29 is 19.5 Å². The van der Waals surface area contributed by atoms with E-state index in [9.17, 15) is 14.4 Å². The van der Waals surface area contributed by atoms with Crippen molar-refractivity contribution in [1.29, 1.82) is 0 Å². The largest absolute Gasteiger partial charge is 0.478 e. The van der Waals surface area contributed by atoms with E-state index in [1.807, 2.05) is 0 Å². The van der Waals surface area contributed by atoms with E-state index in [4.69, 9.17) is 5.11 Å². The first-order valence-electron chi connectivity index (χ1n) is 6.27. The molecule has 7 heteroatoms. The third-order valence-corrected chi connectivity index (χ3v) is 2.72. The molecule has 112 valence electrons. The van der Waals surface area contributed by atoms with E-state index in [1.165, 1.54) is 30.3 Å². The highest BCUT2D eigenvalue weighted by Gasteiger charge is 2.13. The third kappa shape index (κ3) is 5.43. The first-order chi connectivity index (χ1) is 9.93. The van der Waals surface area contributed by atoms with Crippen molar-refractivity contribution in [2.45, 2.75) is 6.42 Å². The summed E-state index contributed by atoms with van der Waals surface area (Å²) >= 11 is 0. The molecular formula is C14H17N3O4. The number of nitrogens with zero attached hydrogens (tertiary/aromatic N) is 2. The molecule has 0 aromatic carbocycles. The van der Waals surface area contributed by atoms with Crippen LogP contribution in [0, 0.1) is 0 Å². The van der Waals surface area contributed by atoms with Crippen LogP contribution in [0.2, 0.25) is 0 Å². The predicted molar refractivity (Wildman–Crippen MR) is 76.6 cm³/mol. The average Bonchev–Trinajstić information content (AvgIpc) is 2.49. The number of carboxylic acids is 1. The van der Waals surface area contributed by atoms with Crippen LogP contribution in [0.3, 0.4) is 0 Å². The molecular weight excluding hydrogens is 274 g/mol. The minimum absolute atomic E-state index is 0.142. The molecule has 0 saturated carbocycles. The van der Waals surface area contributed by atoms with Crippen LogP contribution in [0.4, 0.5) is 0 Å². The summed E-state index contributed by atoms with van der Waals surface area (Å²) in [5.74, 6) is -1.49. The number of nitrogens with one attached hydrogen (secondary N) is 1. The summed E-state index contributed by atoms with van der Waals surface area (Å²) in [5, 5.41) is 11.0. The van der Waals surface area contributed by atoms with Crippen molar-refractivity contribution in [2.75, 3.05) is 20.6 Å². The van der Waals surface area contributed by atoms with E-state index >= 15 is 0 Å². The quantitative estimate of drug-likeness (QED) is 0.738. The molecule has 0 aliphatic heterocycles. The van der Waals surface area contributed by atoms with Crippen LogP contribution in [0.15, 0.2) is 24.4 Å². The molecule has 1 aromatic rings. The lowest BCUT2D eigenvalue weighted by atomic mass is 10.2. The Morgan fingerprint density at radius 3 is 2.62 bits per heavy atom. The first-order valence-corrected chi connectivity index (χ1v) is 6.27. The molecule has 0 fully saturated rings. The molecule has 0 atom stereocenters. The van der Waals surface area contributed by atoms with Gasteiger partial charge in [-0.05, 0) is 17.7 Å². The first kappa shape index (κ1) is 16.4. The number of carboxylic acid groups (broad SMARTS) is 1. The van der Waals surface area contributed by atoms with Crippen LogP contribution < -0.4 is 5.32 Å². The van der Waals surface area contributed by atoms with Crippen molar-refractivity contribution in [3.63, 3.8) is 0 Å². The standard InChI is InChI=1S/C14H17N3O4/c1-15-12(18)7-8-17(2)14(21)11-5-3-10(9-16-11)4-6-13(19)20/h3-6,9H,7-8H2,1-2H3,(H,15,18)(H,19,20)/b6-4+. The number of aromatic nitrogens is 1. The highest BCUT2D eigenvalue weighted by Crippen LogP contribution is 2.05. The van der Waals surface area contributed by atoms with Crippen molar-refractivity contribution in [3.05, 3.63) is 35.7 Å². The smallest absolute Gasteiger partial charge is 0.328 e. The zero-order chi connectivity index (χ0) is 15.8. The Bertz CT molecular complexity index is 552. The number of amides is 2. The minimum atomic E-state index is -1.05. The number of carbonyl (C=O) groups excluding carboxylic acids is 2. The number of rotatable bonds is 6. The molecule has 1 heterocycles. The maximum absolute atomic E-state index is 12.0. The number of hydrogen-bond donors (Lipinski definition) is 2. The van der Waals surface area contributed by atoms with E-state index < -0.39 is 5.97 Å². The zero-order valence-corrected chi connectivity index (χ0v) is 11.9. The van der Waals surface area contributed by atoms with Gasteiger partial charge in [0.05, 0.1) is 0 Å². The molecule has 21 heavy (non-hydrogen) atoms. The molecule has 7 nitrogen and oxygen atoms in total. The maximum Gasteiger partial charge on any atom is 0.328 e. The second-order valence-corrected chi connectivity index (χ2v) is 4.30. The van der Waals surface area contributed by atoms with Crippen LogP contribution in [0.5, 0.6) is 0 Å². The van der Waals surface area contributed by atoms with Crippen LogP contribution in [0.1, 0.15) is 22.5 Å². The Hall–Kier alpha value is -2.70. The average molecular weight is 291 g/mol. The molecule has 0 bridgehead atoms. The Morgan fingerprint density at radius 2 is 2.10 bits per heavy atom. The lowest BCUT2D eigenvalue weighted by Gasteiger charge is -2.16. The van der Waals surface area contributed by atoms with Gasteiger partial charge in [-0.25, -0.2) is 4.79 Å². The van der Waals surface area contributed by atoms with Gasteiger partial charge in [-0.1, -0.05) is 6.07 Å². The van der Waals surface area contributed by atoms with Gasteiger partial charge in [0.25, 0.3) is 5.91 Å². The fourth-order valence-corrected chi connectivity index (χ4v) is 1.49. The van der Waals surface area contributed by atoms with Gasteiger partial charge in [-0.15, -0.1) is 0 Å². The molecule has 0 unspecified atom stereocenters. The second-order valence-electron chi connectivity index (χ2n) is 4.30. The predicted octanol–water partition coefficient (Wildman–Crippen LogP) is 0.387. The number of pyridine rings is 1. The number of carbonyl (C=O) groups is 3. The lowest BCUT2D eigenvalue weighted by molar-refractivity contribution is -0.131. The Morgan fingerprint density at radius 1 is 1.38 bits per heavy atom. The summed E-state index contributed by atoms with van der Waals surface area (Å²) in [6.45, 7) is 0.293. The van der Waals surface area contributed by atoms with Crippen LogP contribution in [-0.4, -0.2) is 53.4 Å². The van der Waals surface area contributed by atoms with E-state index in [2.05, 4.69) is 10.3 Å². The Labute approximate surface area is 122 Å². The van der Waals surface area contributed by atoms with Crippen LogP contribution in [-0.2, 0) is 9.59 Å². The molecule has 1 rings (SSSR count). The Kier molecular flexibility index (Phi) is 6.06. The fourth-order valence-electron chi connectivity index (χ4n) is 1.49. The van der Waals surface area contributed by atoms with E-state index in [-0.39, 0.29) is 23.9 Å². The normalized spacial score (nSPS) is 10.4. The molecule has 0 radical (unpaired) electrons. The second kappa shape index (κ2) is 7.78. The topological polar surface area (TPSA) is 99.6 Å². The highest BCUT2D eigenvalue weighted by atomic mass is 16.4. The highest BCUT2D eigenvalue weighted by molar-refractivity contribution is 5.92. The zero-order valence-electron chi connectivity index (χ0n) is 11.9. The minimum Gasteiger partial charge on any atom is -0.478 e. The molecule has 0 aliphatic carbocycles. The van der Waals surface area contributed by atoms with Gasteiger partial charge in [0.15, 0.2) is 0 Å². The van der Waals surface area contributed by atoms with Gasteiger partial charge in [0.2, 0.25) is 5.91 Å². The van der Waals surface area contributed by atoms with E-state index in [0.717, 1.165) is 6.08 Å². The summed E-state index contributed by atoms with van der Waals surface area (Å²) in [5.41, 5.74) is 0.823. The molecule has 2 amide bonds. The van der Waals surface area contributed by atoms with E-state index in [1.54, 1.807) is 13.1 Å². The van der Waals surface area contributed by atoms with Gasteiger partial charge in [0.1, 0.15) is 5.69 Å². The van der Waals surface area contributed by atoms with Crippen LogP contribution >= 0.6 is 0 Å². The molecule has 0 spiro atoms. The van der Waals surface area contributed by atoms with Crippen molar-refractivity contribution in [1.82, 2.24) is 15.2 Å². The monoisotopic (exact) mass is 291 g/mol. The summed E-state index contributed by atoms with van der Waals surface area (Å²) in [6, 6.07) is 3.12. The number of aliphatic carboxylic acids is 1. The molecule has 1 aromatic heterocycles. The molecule has 0 saturated heterocycles. The van der Waals surface area contributed by atoms with Crippen molar-refractivity contribution in [3.8, 4) is 0 Å². The molecule has 0 aliphatic rings. The van der Waals surface area contributed by atoms with Crippen molar-refractivity contribution in [2.24, 2.45) is 0 Å². The van der Waals surface area contributed by atoms with Gasteiger partial charge in [-0.2, -0.15) is 0 Å². The van der Waals surface area contributed by atoms with Gasteiger partial charge in [-0.3, -0.25) is 14.6 Å². The van der Waals surface area contributed by atoms with E-state index in [0.29, 0.717) is 12.1 Å². The lowest BCUT2D eigenvalue weighted by Crippen LogP contribution is -2.31. The summed E-state index contributed by atoms with van der Waals surface area (Å²) in [4.78, 5) is 39.0. The summed E-state index contributed by atoms with van der Waals surface area (Å²) in [7, 11) is 3.13. The molecule has 2 N–H and O–H groups in total. The SMILES string of the molecule is CNC(=O)CCN(C)C(=O)c1ccc(/C=C/C(=O)O)cn1. The Balaban J connectivity index is 2.66.